The maximum absolute atomic E-state index is 11.8. The number of amides is 2. The summed E-state index contributed by atoms with van der Waals surface area (Å²) in [7, 11) is 0. The minimum Gasteiger partial charge on any atom is -0.478 e. The molecule has 1 aromatic carbocycles. The molecule has 114 valence electrons. The largest absolute Gasteiger partial charge is 0.478 e. The molecule has 0 saturated heterocycles. The van der Waals surface area contributed by atoms with Gasteiger partial charge in [-0.3, -0.25) is 0 Å². The van der Waals surface area contributed by atoms with Crippen molar-refractivity contribution in [2.24, 2.45) is 11.8 Å². The summed E-state index contributed by atoms with van der Waals surface area (Å²) in [5.41, 5.74) is 1.01. The van der Waals surface area contributed by atoms with E-state index >= 15 is 0 Å². The highest BCUT2D eigenvalue weighted by molar-refractivity contribution is 5.87. The molecule has 0 aliphatic heterocycles. The number of hydrogen-bond acceptors (Lipinski definition) is 2. The van der Waals surface area contributed by atoms with E-state index in [1.807, 2.05) is 0 Å². The Bertz CT molecular complexity index is 516. The first kappa shape index (κ1) is 15.4. The molecular formula is C16H22N2O3. The fourth-order valence-electron chi connectivity index (χ4n) is 2.81. The monoisotopic (exact) mass is 290 g/mol. The molecule has 1 aromatic rings. The average molecular weight is 290 g/mol. The number of benzene rings is 1. The topological polar surface area (TPSA) is 78.4 Å². The van der Waals surface area contributed by atoms with Crippen LogP contribution < -0.4 is 10.6 Å². The van der Waals surface area contributed by atoms with Gasteiger partial charge in [-0.25, -0.2) is 9.59 Å². The number of nitrogens with one attached hydrogen (secondary N) is 2. The van der Waals surface area contributed by atoms with Crippen LogP contribution in [0.3, 0.4) is 0 Å². The molecule has 5 nitrogen and oxygen atoms in total. The van der Waals surface area contributed by atoms with Gasteiger partial charge in [-0.2, -0.15) is 0 Å². The predicted molar refractivity (Wildman–Crippen MR) is 80.1 cm³/mol. The Labute approximate surface area is 124 Å². The van der Waals surface area contributed by atoms with E-state index in [1.165, 1.54) is 25.3 Å². The first-order chi connectivity index (χ1) is 10.1. The number of urea groups is 1. The van der Waals surface area contributed by atoms with Crippen molar-refractivity contribution in [1.82, 2.24) is 10.6 Å². The van der Waals surface area contributed by atoms with Crippen LogP contribution >= 0.6 is 0 Å². The highest BCUT2D eigenvalue weighted by Gasteiger charge is 2.23. The Hall–Kier alpha value is -2.04. The van der Waals surface area contributed by atoms with Crippen molar-refractivity contribution in [3.63, 3.8) is 0 Å². The summed E-state index contributed by atoms with van der Waals surface area (Å²) in [4.78, 5) is 22.6. The van der Waals surface area contributed by atoms with E-state index in [4.69, 9.17) is 5.11 Å². The molecule has 2 amide bonds. The second kappa shape index (κ2) is 7.11. The Balaban J connectivity index is 1.76. The van der Waals surface area contributed by atoms with E-state index < -0.39 is 5.97 Å². The maximum Gasteiger partial charge on any atom is 0.335 e. The zero-order valence-electron chi connectivity index (χ0n) is 12.3. The lowest BCUT2D eigenvalue weighted by atomic mass is 9.98. The van der Waals surface area contributed by atoms with Crippen LogP contribution in [0.4, 0.5) is 4.79 Å². The second-order valence-electron chi connectivity index (χ2n) is 5.74. The van der Waals surface area contributed by atoms with Gasteiger partial charge >= 0.3 is 12.0 Å². The lowest BCUT2D eigenvalue weighted by Crippen LogP contribution is -2.38. The molecule has 5 heteroatoms. The molecule has 2 unspecified atom stereocenters. The van der Waals surface area contributed by atoms with Crippen molar-refractivity contribution in [3.8, 4) is 0 Å². The average Bonchev–Trinajstić information content (AvgIpc) is 2.88. The van der Waals surface area contributed by atoms with Crippen LogP contribution in [0.5, 0.6) is 0 Å². The van der Waals surface area contributed by atoms with Crippen LogP contribution in [0.2, 0.25) is 0 Å². The van der Waals surface area contributed by atoms with Gasteiger partial charge in [-0.1, -0.05) is 31.9 Å². The minimum atomic E-state index is -0.962. The number of carbonyl (C=O) groups is 2. The molecule has 2 atom stereocenters. The van der Waals surface area contributed by atoms with Crippen molar-refractivity contribution < 1.29 is 14.7 Å². The molecule has 0 radical (unpaired) electrons. The number of carboxylic acid groups (broad SMARTS) is 1. The number of aromatic carboxylic acids is 1. The number of carboxylic acids is 1. The zero-order valence-corrected chi connectivity index (χ0v) is 12.3. The molecule has 0 aromatic heterocycles. The molecule has 3 N–H and O–H groups in total. The van der Waals surface area contributed by atoms with E-state index in [2.05, 4.69) is 17.6 Å². The van der Waals surface area contributed by atoms with Gasteiger partial charge in [0.25, 0.3) is 0 Å². The summed E-state index contributed by atoms with van der Waals surface area (Å²) < 4.78 is 0. The Morgan fingerprint density at radius 1 is 1.29 bits per heavy atom. The van der Waals surface area contributed by atoms with Gasteiger partial charge in [-0.05, 0) is 36.0 Å². The van der Waals surface area contributed by atoms with Crippen molar-refractivity contribution >= 4 is 12.0 Å². The predicted octanol–water partition coefficient (Wildman–Crippen LogP) is 2.62. The first-order valence-electron chi connectivity index (χ1n) is 7.40. The van der Waals surface area contributed by atoms with Gasteiger partial charge < -0.3 is 15.7 Å². The Kier molecular flexibility index (Phi) is 5.20. The third-order valence-electron chi connectivity index (χ3n) is 4.19. The highest BCUT2D eigenvalue weighted by atomic mass is 16.4. The fraction of sp³-hybridized carbons (Fsp3) is 0.500. The number of carbonyl (C=O) groups excluding carboxylic acids is 1. The summed E-state index contributed by atoms with van der Waals surface area (Å²) in [5, 5.41) is 14.6. The molecular weight excluding hydrogens is 268 g/mol. The third kappa shape index (κ3) is 4.48. The van der Waals surface area contributed by atoms with Crippen LogP contribution in [0, 0.1) is 11.8 Å². The molecule has 2 rings (SSSR count). The van der Waals surface area contributed by atoms with Crippen molar-refractivity contribution in [2.75, 3.05) is 6.54 Å². The first-order valence-corrected chi connectivity index (χ1v) is 7.40. The van der Waals surface area contributed by atoms with Crippen LogP contribution in [0.1, 0.15) is 42.1 Å². The van der Waals surface area contributed by atoms with Gasteiger partial charge in [0.1, 0.15) is 0 Å². The molecule has 0 heterocycles. The molecule has 21 heavy (non-hydrogen) atoms. The number of rotatable bonds is 5. The summed E-state index contributed by atoms with van der Waals surface area (Å²) in [6.07, 6.45) is 3.68. The van der Waals surface area contributed by atoms with Crippen LogP contribution in [-0.4, -0.2) is 23.7 Å². The van der Waals surface area contributed by atoms with Crippen molar-refractivity contribution in [2.45, 2.75) is 32.7 Å². The van der Waals surface area contributed by atoms with E-state index in [-0.39, 0.29) is 11.6 Å². The maximum atomic E-state index is 11.8. The third-order valence-corrected chi connectivity index (χ3v) is 4.19. The van der Waals surface area contributed by atoms with Crippen LogP contribution in [0.25, 0.3) is 0 Å². The van der Waals surface area contributed by atoms with Crippen molar-refractivity contribution in [3.05, 3.63) is 35.4 Å². The van der Waals surface area contributed by atoms with Gasteiger partial charge in [0, 0.05) is 13.1 Å². The van der Waals surface area contributed by atoms with E-state index in [1.54, 1.807) is 18.2 Å². The molecule has 1 fully saturated rings. The van der Waals surface area contributed by atoms with E-state index in [0.717, 1.165) is 5.56 Å². The zero-order chi connectivity index (χ0) is 15.2. The van der Waals surface area contributed by atoms with Gasteiger partial charge in [0.2, 0.25) is 0 Å². The van der Waals surface area contributed by atoms with Gasteiger partial charge in [-0.15, -0.1) is 0 Å². The van der Waals surface area contributed by atoms with Crippen molar-refractivity contribution in [1.29, 1.82) is 0 Å². The number of hydrogen-bond donors (Lipinski definition) is 3. The van der Waals surface area contributed by atoms with Gasteiger partial charge in [0.15, 0.2) is 0 Å². The molecule has 1 aliphatic carbocycles. The molecule has 1 aliphatic rings. The normalized spacial score (nSPS) is 21.0. The Morgan fingerprint density at radius 2 is 2.10 bits per heavy atom. The summed E-state index contributed by atoms with van der Waals surface area (Å²) in [6, 6.07) is 6.38. The highest BCUT2D eigenvalue weighted by Crippen LogP contribution is 2.30. The lowest BCUT2D eigenvalue weighted by Gasteiger charge is -2.16. The summed E-state index contributed by atoms with van der Waals surface area (Å²) in [5.74, 6) is 0.292. The van der Waals surface area contributed by atoms with E-state index in [0.29, 0.717) is 24.9 Å². The standard InChI is InChI=1S/C16H22N2O3/c1-11-4-2-7-14(11)10-18-16(21)17-9-12-5-3-6-13(8-12)15(19)20/h3,5-6,8,11,14H,2,4,7,9-10H2,1H3,(H,19,20)(H2,17,18,21). The Morgan fingerprint density at radius 3 is 2.76 bits per heavy atom. The fourth-order valence-corrected chi connectivity index (χ4v) is 2.81. The quantitative estimate of drug-likeness (QED) is 0.780. The van der Waals surface area contributed by atoms with Crippen LogP contribution in [-0.2, 0) is 6.54 Å². The summed E-state index contributed by atoms with van der Waals surface area (Å²) >= 11 is 0. The van der Waals surface area contributed by atoms with Gasteiger partial charge in [0.05, 0.1) is 5.56 Å². The lowest BCUT2D eigenvalue weighted by molar-refractivity contribution is 0.0696. The SMILES string of the molecule is CC1CCCC1CNC(=O)NCc1cccc(C(=O)O)c1. The van der Waals surface area contributed by atoms with E-state index in [9.17, 15) is 9.59 Å². The summed E-state index contributed by atoms with van der Waals surface area (Å²) in [6.45, 7) is 3.27. The minimum absolute atomic E-state index is 0.199. The second-order valence-corrected chi connectivity index (χ2v) is 5.74. The molecule has 0 spiro atoms. The van der Waals surface area contributed by atoms with Crippen LogP contribution in [0.15, 0.2) is 24.3 Å². The molecule has 0 bridgehead atoms. The molecule has 1 saturated carbocycles. The smallest absolute Gasteiger partial charge is 0.335 e.